The molecule has 0 radical (unpaired) electrons. The molecule has 4 aromatic carbocycles. The van der Waals surface area contributed by atoms with E-state index in [9.17, 15) is 19.2 Å². The number of hydrogen-bond acceptors (Lipinski definition) is 12. The lowest BCUT2D eigenvalue weighted by Gasteiger charge is -2.23. The Balaban J connectivity index is 0.000000742. The smallest absolute Gasteiger partial charge is 0.307 e. The number of aliphatic hydroxyl groups is 4. The first-order valence-corrected chi connectivity index (χ1v) is 19.0. The minimum atomic E-state index is -1.11. The van der Waals surface area contributed by atoms with E-state index in [0.29, 0.717) is 0 Å². The highest BCUT2D eigenvalue weighted by Crippen LogP contribution is 2.15. The third-order valence-electron chi connectivity index (χ3n) is 8.57. The number of hydrogen-bond donors (Lipinski definition) is 8. The fraction of sp³-hybridized carbons (Fsp3) is 0.378. The number of carboxylic acid groups (broad SMARTS) is 4. The number of rotatable bonds is 16. The van der Waals surface area contributed by atoms with Gasteiger partial charge in [-0.1, -0.05) is 48.5 Å². The summed E-state index contributed by atoms with van der Waals surface area (Å²) >= 11 is 0. The van der Waals surface area contributed by atoms with Crippen LogP contribution in [0.3, 0.4) is 0 Å². The summed E-state index contributed by atoms with van der Waals surface area (Å²) < 4.78 is 0. The molecule has 0 fully saturated rings. The minimum absolute atomic E-state index is 0.0910. The third kappa shape index (κ3) is 23.8. The Bertz CT molecular complexity index is 1570. The van der Waals surface area contributed by atoms with Crippen molar-refractivity contribution in [2.24, 2.45) is 5.41 Å². The van der Waals surface area contributed by atoms with Gasteiger partial charge in [0.15, 0.2) is 0 Å². The van der Waals surface area contributed by atoms with Crippen LogP contribution in [0.1, 0.15) is 22.3 Å². The molecule has 0 aliphatic carbocycles. The molecule has 0 heterocycles. The van der Waals surface area contributed by atoms with Gasteiger partial charge in [0.25, 0.3) is 0 Å². The molecule has 0 atom stereocenters. The molecule has 0 aromatic heterocycles. The number of aliphatic hydroxyl groups excluding tert-OH is 4. The lowest BCUT2D eigenvalue weighted by Crippen LogP contribution is -2.37. The van der Waals surface area contributed by atoms with Gasteiger partial charge in [-0.25, -0.2) is 0 Å². The van der Waals surface area contributed by atoms with E-state index in [1.54, 1.807) is 0 Å². The molecule has 336 valence electrons. The molecule has 0 saturated heterocycles. The van der Waals surface area contributed by atoms with Crippen molar-refractivity contribution in [1.29, 1.82) is 0 Å². The lowest BCUT2D eigenvalue weighted by atomic mass is 9.93. The summed E-state index contributed by atoms with van der Waals surface area (Å²) in [7, 11) is 15.6. The molecular formula is C45H64N4O12. The van der Waals surface area contributed by atoms with Gasteiger partial charge in [0.05, 0.1) is 57.5 Å². The van der Waals surface area contributed by atoms with Crippen molar-refractivity contribution in [3.8, 4) is 0 Å². The number of nitrogens with zero attached hydrogens (tertiary/aromatic N) is 4. The summed E-state index contributed by atoms with van der Waals surface area (Å²) in [4.78, 5) is 49.4. The van der Waals surface area contributed by atoms with Crippen LogP contribution < -0.4 is 19.6 Å². The van der Waals surface area contributed by atoms with Crippen LogP contribution >= 0.6 is 0 Å². The zero-order valence-corrected chi connectivity index (χ0v) is 36.4. The molecule has 8 N–H and O–H groups in total. The standard InChI is InChI=1S/4C10H13NO2.C5H12O4/c4*1-11(2)9-5-3-8(4-6-9)7-10(12)13;6-1-5(2-7,3-8)4-9/h4*3-6H,7H2,1-2H3,(H,12,13);6-9H,1-4H2. The second-order valence-corrected chi connectivity index (χ2v) is 14.7. The topological polar surface area (TPSA) is 243 Å². The van der Waals surface area contributed by atoms with E-state index in [1.165, 1.54) is 0 Å². The quantitative estimate of drug-likeness (QED) is 0.0805. The summed E-state index contributed by atoms with van der Waals surface area (Å²) in [5.41, 5.74) is 6.53. The molecule has 0 unspecified atom stereocenters. The Labute approximate surface area is 358 Å². The van der Waals surface area contributed by atoms with Gasteiger partial charge in [0.2, 0.25) is 0 Å². The normalized spacial score (nSPS) is 10.0. The Morgan fingerprint density at radius 2 is 0.492 bits per heavy atom. The zero-order valence-electron chi connectivity index (χ0n) is 36.4. The Kier molecular flexibility index (Phi) is 26.1. The van der Waals surface area contributed by atoms with Crippen LogP contribution in [-0.4, -0.2) is 148 Å². The fourth-order valence-corrected chi connectivity index (χ4v) is 4.65. The molecule has 4 rings (SSSR count). The first-order valence-electron chi connectivity index (χ1n) is 19.0. The van der Waals surface area contributed by atoms with Gasteiger partial charge in [-0.05, 0) is 70.8 Å². The Morgan fingerprint density at radius 3 is 0.574 bits per heavy atom. The molecule has 0 saturated carbocycles. The van der Waals surface area contributed by atoms with Crippen LogP contribution in [0.2, 0.25) is 0 Å². The second-order valence-electron chi connectivity index (χ2n) is 14.7. The first kappa shape index (κ1) is 54.8. The number of aliphatic carboxylic acids is 4. The average Bonchev–Trinajstić information content (AvgIpc) is 3.20. The zero-order chi connectivity index (χ0) is 46.7. The molecule has 0 aliphatic heterocycles. The average molecular weight is 853 g/mol. The van der Waals surface area contributed by atoms with E-state index in [4.69, 9.17) is 40.9 Å². The number of anilines is 4. The van der Waals surface area contributed by atoms with Crippen LogP contribution in [0.4, 0.5) is 22.7 Å². The van der Waals surface area contributed by atoms with Gasteiger partial charge < -0.3 is 60.5 Å². The largest absolute Gasteiger partial charge is 0.481 e. The summed E-state index contributed by atoms with van der Waals surface area (Å²) in [6.07, 6.45) is 0.364. The van der Waals surface area contributed by atoms with Crippen LogP contribution in [0, 0.1) is 5.41 Å². The maximum absolute atomic E-state index is 10.4. The van der Waals surface area contributed by atoms with Crippen LogP contribution in [0.25, 0.3) is 0 Å². The molecule has 16 nitrogen and oxygen atoms in total. The van der Waals surface area contributed by atoms with E-state index in [2.05, 4.69) is 0 Å². The maximum atomic E-state index is 10.4. The first-order chi connectivity index (χ1) is 28.6. The molecular weight excluding hydrogens is 789 g/mol. The van der Waals surface area contributed by atoms with Gasteiger partial charge >= 0.3 is 23.9 Å². The monoisotopic (exact) mass is 852 g/mol. The summed E-state index contributed by atoms with van der Waals surface area (Å²) in [5, 5.41) is 68.1. The minimum Gasteiger partial charge on any atom is -0.481 e. The molecule has 0 spiro atoms. The van der Waals surface area contributed by atoms with Crippen molar-refractivity contribution in [1.82, 2.24) is 0 Å². The third-order valence-corrected chi connectivity index (χ3v) is 8.57. The molecule has 0 amide bonds. The molecule has 16 heteroatoms. The van der Waals surface area contributed by atoms with E-state index >= 15 is 0 Å². The fourth-order valence-electron chi connectivity index (χ4n) is 4.65. The van der Waals surface area contributed by atoms with Crippen molar-refractivity contribution in [3.63, 3.8) is 0 Å². The molecule has 0 bridgehead atoms. The highest BCUT2D eigenvalue weighted by Gasteiger charge is 2.26. The van der Waals surface area contributed by atoms with E-state index in [1.807, 2.05) is 173 Å². The molecule has 0 aliphatic rings. The van der Waals surface area contributed by atoms with Crippen molar-refractivity contribution < 1.29 is 60.0 Å². The Hall–Kier alpha value is -6.20. The second kappa shape index (κ2) is 29.1. The lowest BCUT2D eigenvalue weighted by molar-refractivity contribution is -0.137. The summed E-state index contributed by atoms with van der Waals surface area (Å²) in [6.45, 7) is -1.62. The number of carbonyl (C=O) groups is 4. The molecule has 61 heavy (non-hydrogen) atoms. The van der Waals surface area contributed by atoms with Crippen LogP contribution in [0.5, 0.6) is 0 Å². The highest BCUT2D eigenvalue weighted by atomic mass is 16.4. The van der Waals surface area contributed by atoms with Gasteiger partial charge in [-0.15, -0.1) is 0 Å². The Morgan fingerprint density at radius 1 is 0.344 bits per heavy atom. The number of benzene rings is 4. The van der Waals surface area contributed by atoms with Crippen molar-refractivity contribution in [2.75, 3.05) is 102 Å². The van der Waals surface area contributed by atoms with Gasteiger partial charge in [-0.2, -0.15) is 0 Å². The predicted molar refractivity (Wildman–Crippen MR) is 239 cm³/mol. The van der Waals surface area contributed by atoms with Crippen molar-refractivity contribution >= 4 is 46.6 Å². The van der Waals surface area contributed by atoms with E-state index < -0.39 is 55.7 Å². The highest BCUT2D eigenvalue weighted by molar-refractivity contribution is 5.72. The van der Waals surface area contributed by atoms with Crippen LogP contribution in [0.15, 0.2) is 97.1 Å². The van der Waals surface area contributed by atoms with E-state index in [-0.39, 0.29) is 25.7 Å². The maximum Gasteiger partial charge on any atom is 0.307 e. The summed E-state index contributed by atoms with van der Waals surface area (Å²) in [6, 6.07) is 30.0. The van der Waals surface area contributed by atoms with Crippen molar-refractivity contribution in [2.45, 2.75) is 25.7 Å². The molecule has 4 aromatic rings. The van der Waals surface area contributed by atoms with Crippen molar-refractivity contribution in [3.05, 3.63) is 119 Å². The van der Waals surface area contributed by atoms with Gasteiger partial charge in [0, 0.05) is 79.1 Å². The summed E-state index contributed by atoms with van der Waals surface area (Å²) in [5.74, 6) is -3.18. The van der Waals surface area contributed by atoms with Gasteiger partial charge in [-0.3, -0.25) is 19.2 Å². The van der Waals surface area contributed by atoms with E-state index in [0.717, 1.165) is 45.0 Å². The SMILES string of the molecule is CN(C)c1ccc(CC(=O)O)cc1.CN(C)c1ccc(CC(=O)O)cc1.CN(C)c1ccc(CC(=O)O)cc1.CN(C)c1ccc(CC(=O)O)cc1.OCC(CO)(CO)CO. The number of carboxylic acids is 4. The van der Waals surface area contributed by atoms with Gasteiger partial charge in [0.1, 0.15) is 0 Å². The van der Waals surface area contributed by atoms with Crippen LogP contribution in [-0.2, 0) is 44.9 Å². The predicted octanol–water partition coefficient (Wildman–Crippen LogP) is 3.46.